The van der Waals surface area contributed by atoms with E-state index < -0.39 is 12.3 Å². The van der Waals surface area contributed by atoms with Crippen molar-refractivity contribution in [2.45, 2.75) is 37.6 Å². The molecule has 0 bridgehead atoms. The molecule has 1 N–H and O–H groups in total. The fraction of sp³-hybridized carbons (Fsp3) is 0.600. The lowest BCUT2D eigenvalue weighted by Crippen LogP contribution is -2.39. The van der Waals surface area contributed by atoms with Gasteiger partial charge in [-0.2, -0.15) is 0 Å². The van der Waals surface area contributed by atoms with E-state index in [0.29, 0.717) is 6.61 Å². The van der Waals surface area contributed by atoms with Crippen LogP contribution in [0.5, 0.6) is 0 Å². The van der Waals surface area contributed by atoms with Crippen molar-refractivity contribution in [3.63, 3.8) is 0 Å². The topological polar surface area (TPSA) is 38.7 Å². The van der Waals surface area contributed by atoms with Gasteiger partial charge in [-0.1, -0.05) is 30.3 Å². The van der Waals surface area contributed by atoms with Crippen LogP contribution < -0.4 is 0 Å². The second kappa shape index (κ2) is 6.98. The molecule has 1 heterocycles. The lowest BCUT2D eigenvalue weighted by molar-refractivity contribution is -0.184. The maximum absolute atomic E-state index is 14.5. The summed E-state index contributed by atoms with van der Waals surface area (Å²) in [6.45, 7) is -0.0144. The highest BCUT2D eigenvalue weighted by molar-refractivity contribution is 5.17. The minimum atomic E-state index is -1.75. The monoisotopic (exact) mass is 268 g/mol. The van der Waals surface area contributed by atoms with Crippen molar-refractivity contribution in [1.82, 2.24) is 0 Å². The van der Waals surface area contributed by atoms with Crippen molar-refractivity contribution < 1.29 is 19.0 Å². The van der Waals surface area contributed by atoms with Gasteiger partial charge in [0.05, 0.1) is 13.2 Å². The van der Waals surface area contributed by atoms with Gasteiger partial charge in [-0.05, 0) is 24.8 Å². The molecule has 0 aromatic heterocycles. The Labute approximate surface area is 113 Å². The van der Waals surface area contributed by atoms with Crippen LogP contribution in [0.1, 0.15) is 24.8 Å². The second-order valence-electron chi connectivity index (χ2n) is 5.08. The minimum Gasteiger partial charge on any atom is -0.393 e. The van der Waals surface area contributed by atoms with Crippen LogP contribution in [0.2, 0.25) is 0 Å². The average Bonchev–Trinajstić information content (AvgIpc) is 2.47. The molecule has 0 radical (unpaired) electrons. The Morgan fingerprint density at radius 1 is 1.32 bits per heavy atom. The number of hydrogen-bond donors (Lipinski definition) is 1. The third-order valence-corrected chi connectivity index (χ3v) is 3.31. The fourth-order valence-electron chi connectivity index (χ4n) is 2.20. The molecule has 3 nitrogen and oxygen atoms in total. The number of benzene rings is 1. The lowest BCUT2D eigenvalue weighted by Gasteiger charge is -2.28. The van der Waals surface area contributed by atoms with E-state index in [9.17, 15) is 9.50 Å². The normalized spacial score (nSPS) is 22.9. The van der Waals surface area contributed by atoms with Crippen molar-refractivity contribution in [2.24, 2.45) is 0 Å². The first-order chi connectivity index (χ1) is 9.22. The molecule has 0 saturated carbocycles. The van der Waals surface area contributed by atoms with Gasteiger partial charge in [0, 0.05) is 13.0 Å². The summed E-state index contributed by atoms with van der Waals surface area (Å²) in [6, 6.07) is 9.30. The van der Waals surface area contributed by atoms with Crippen molar-refractivity contribution in [2.75, 3.05) is 19.8 Å². The standard InChI is InChI=1S/C15H21FO3/c16-15(11-17,10-13-6-2-1-3-7-13)12-19-14-8-4-5-9-18-14/h1-3,6-7,14,17H,4-5,8-12H2/t14?,15-/m1/s1. The summed E-state index contributed by atoms with van der Waals surface area (Å²) >= 11 is 0. The van der Waals surface area contributed by atoms with Crippen molar-refractivity contribution in [3.05, 3.63) is 35.9 Å². The largest absolute Gasteiger partial charge is 0.393 e. The summed E-state index contributed by atoms with van der Waals surface area (Å²) in [5.41, 5.74) is -0.894. The second-order valence-corrected chi connectivity index (χ2v) is 5.08. The van der Waals surface area contributed by atoms with Gasteiger partial charge >= 0.3 is 0 Å². The number of rotatable bonds is 6. The molecule has 2 rings (SSSR count). The first kappa shape index (κ1) is 14.4. The highest BCUT2D eigenvalue weighted by atomic mass is 19.1. The summed E-state index contributed by atoms with van der Waals surface area (Å²) in [5, 5.41) is 9.28. The van der Waals surface area contributed by atoms with Crippen molar-refractivity contribution in [1.29, 1.82) is 0 Å². The molecule has 1 aromatic rings. The Bertz CT molecular complexity index is 365. The number of alkyl halides is 1. The van der Waals surface area contributed by atoms with Crippen LogP contribution >= 0.6 is 0 Å². The molecule has 2 atom stereocenters. The van der Waals surface area contributed by atoms with E-state index in [4.69, 9.17) is 9.47 Å². The maximum atomic E-state index is 14.5. The van der Waals surface area contributed by atoms with Crippen LogP contribution in [0.4, 0.5) is 4.39 Å². The third kappa shape index (κ3) is 4.56. The Kier molecular flexibility index (Phi) is 5.31. The van der Waals surface area contributed by atoms with Gasteiger partial charge < -0.3 is 14.6 Å². The minimum absolute atomic E-state index is 0.136. The van der Waals surface area contributed by atoms with Gasteiger partial charge in [-0.15, -0.1) is 0 Å². The van der Waals surface area contributed by atoms with Gasteiger partial charge in [0.2, 0.25) is 0 Å². The Morgan fingerprint density at radius 3 is 2.74 bits per heavy atom. The Hall–Kier alpha value is -0.970. The van der Waals surface area contributed by atoms with Gasteiger partial charge in [-0.25, -0.2) is 4.39 Å². The molecule has 1 saturated heterocycles. The maximum Gasteiger partial charge on any atom is 0.161 e. The van der Waals surface area contributed by atoms with Crippen LogP contribution in [0.15, 0.2) is 30.3 Å². The number of aliphatic hydroxyl groups is 1. The molecule has 1 aliphatic rings. The number of ether oxygens (including phenoxy) is 2. The Morgan fingerprint density at radius 2 is 2.11 bits per heavy atom. The predicted molar refractivity (Wildman–Crippen MR) is 70.6 cm³/mol. The molecular weight excluding hydrogens is 247 g/mol. The SMILES string of the molecule is OC[C@@](F)(COC1CCCCO1)Cc1ccccc1. The van der Waals surface area contributed by atoms with E-state index in [1.165, 1.54) is 0 Å². The molecule has 4 heteroatoms. The van der Waals surface area contributed by atoms with E-state index in [1.807, 2.05) is 30.3 Å². The summed E-state index contributed by atoms with van der Waals surface area (Å²) < 4.78 is 25.4. The zero-order valence-corrected chi connectivity index (χ0v) is 11.1. The molecular formula is C15H21FO3. The zero-order valence-electron chi connectivity index (χ0n) is 11.1. The van der Waals surface area contributed by atoms with Crippen molar-refractivity contribution >= 4 is 0 Å². The molecule has 1 unspecified atom stereocenters. The highest BCUT2D eigenvalue weighted by Crippen LogP contribution is 2.21. The van der Waals surface area contributed by atoms with E-state index in [-0.39, 0.29) is 19.3 Å². The van der Waals surface area contributed by atoms with Crippen LogP contribution in [0.25, 0.3) is 0 Å². The quantitative estimate of drug-likeness (QED) is 0.861. The molecule has 1 aliphatic heterocycles. The number of halogens is 1. The summed E-state index contributed by atoms with van der Waals surface area (Å²) in [7, 11) is 0. The summed E-state index contributed by atoms with van der Waals surface area (Å²) in [5.74, 6) is 0. The van der Waals surface area contributed by atoms with Gasteiger partial charge in [-0.3, -0.25) is 0 Å². The van der Waals surface area contributed by atoms with E-state index in [2.05, 4.69) is 0 Å². The van der Waals surface area contributed by atoms with E-state index in [0.717, 1.165) is 24.8 Å². The smallest absolute Gasteiger partial charge is 0.161 e. The highest BCUT2D eigenvalue weighted by Gasteiger charge is 2.31. The van der Waals surface area contributed by atoms with Crippen molar-refractivity contribution in [3.8, 4) is 0 Å². The molecule has 1 fully saturated rings. The third-order valence-electron chi connectivity index (χ3n) is 3.31. The van der Waals surface area contributed by atoms with Gasteiger partial charge in [0.1, 0.15) is 0 Å². The fourth-order valence-corrected chi connectivity index (χ4v) is 2.20. The molecule has 106 valence electrons. The molecule has 0 aliphatic carbocycles. The van der Waals surface area contributed by atoms with Crippen LogP contribution in [0.3, 0.4) is 0 Å². The summed E-state index contributed by atoms with van der Waals surface area (Å²) in [4.78, 5) is 0. The Balaban J connectivity index is 1.86. The zero-order chi connectivity index (χ0) is 13.6. The van der Waals surface area contributed by atoms with E-state index in [1.54, 1.807) is 0 Å². The van der Waals surface area contributed by atoms with Crippen LogP contribution in [-0.4, -0.2) is 36.9 Å². The lowest BCUT2D eigenvalue weighted by atomic mass is 9.98. The molecule has 1 aromatic carbocycles. The number of hydrogen-bond acceptors (Lipinski definition) is 3. The number of aliphatic hydroxyl groups excluding tert-OH is 1. The molecule has 0 amide bonds. The molecule has 19 heavy (non-hydrogen) atoms. The predicted octanol–water partition coefficient (Wildman–Crippen LogP) is 2.47. The van der Waals surface area contributed by atoms with Gasteiger partial charge in [0.25, 0.3) is 0 Å². The first-order valence-corrected chi connectivity index (χ1v) is 6.79. The summed E-state index contributed by atoms with van der Waals surface area (Å²) in [6.07, 6.45) is 2.70. The first-order valence-electron chi connectivity index (χ1n) is 6.79. The average molecular weight is 268 g/mol. The van der Waals surface area contributed by atoms with Crippen LogP contribution in [0, 0.1) is 0 Å². The van der Waals surface area contributed by atoms with Gasteiger partial charge in [0.15, 0.2) is 12.0 Å². The molecule has 0 spiro atoms. The van der Waals surface area contributed by atoms with Crippen LogP contribution in [-0.2, 0) is 15.9 Å². The van der Waals surface area contributed by atoms with E-state index >= 15 is 0 Å².